The van der Waals surface area contributed by atoms with Crippen LogP contribution in [-0.4, -0.2) is 72.7 Å². The zero-order valence-electron chi connectivity index (χ0n) is 20.4. The second-order valence-corrected chi connectivity index (χ2v) is 9.01. The normalized spacial score (nSPS) is 15.1. The Morgan fingerprint density at radius 1 is 1.28 bits per heavy atom. The highest BCUT2D eigenvalue weighted by molar-refractivity contribution is 7.07. The standard InChI is InChI=1S/C25H29N5O5S/c1-4-13-34-25(33)20(15-26)24-30(5-2)23(32)21(36-24)16-27-18-7-6-8-19(14-18)35-17-22(31)29-11-9-28(3)10-12-29/h4,6-8,14,16,27H,1,5,9-13,17H2,2-3H3. The lowest BCUT2D eigenvalue weighted by molar-refractivity contribution is -0.136. The number of likely N-dealkylation sites (N-methyl/N-ethyl adjacent to an activating group) is 1. The predicted molar refractivity (Wildman–Crippen MR) is 138 cm³/mol. The third kappa shape index (κ3) is 6.62. The average Bonchev–Trinajstić information content (AvgIpc) is 3.20. The molecule has 0 spiro atoms. The minimum atomic E-state index is -0.809. The molecule has 190 valence electrons. The fourth-order valence-electron chi connectivity index (χ4n) is 3.50. The van der Waals surface area contributed by atoms with E-state index in [0.717, 1.165) is 24.4 Å². The lowest BCUT2D eigenvalue weighted by Gasteiger charge is -2.32. The van der Waals surface area contributed by atoms with Crippen molar-refractivity contribution in [3.8, 4) is 11.8 Å². The van der Waals surface area contributed by atoms with E-state index in [4.69, 9.17) is 9.47 Å². The van der Waals surface area contributed by atoms with Crippen molar-refractivity contribution >= 4 is 40.7 Å². The summed E-state index contributed by atoms with van der Waals surface area (Å²) in [5.41, 5.74) is 0.0761. The topological polar surface area (TPSA) is 117 Å². The molecule has 0 aliphatic carbocycles. The lowest BCUT2D eigenvalue weighted by Crippen LogP contribution is -2.48. The SMILES string of the molecule is C=CCOC(=O)C(C#N)=c1sc(=CNc2cccc(OCC(=O)N3CCN(C)CC3)c2)c(=O)n1CC. The number of ether oxygens (including phenoxy) is 2. The summed E-state index contributed by atoms with van der Waals surface area (Å²) in [7, 11) is 2.03. The largest absolute Gasteiger partial charge is 0.484 e. The van der Waals surface area contributed by atoms with Gasteiger partial charge in [0.05, 0.1) is 0 Å². The van der Waals surface area contributed by atoms with Gasteiger partial charge in [-0.15, -0.1) is 11.3 Å². The van der Waals surface area contributed by atoms with Crippen LogP contribution in [-0.2, 0) is 20.9 Å². The maximum atomic E-state index is 12.9. The van der Waals surface area contributed by atoms with Gasteiger partial charge in [0.15, 0.2) is 12.2 Å². The molecule has 0 bridgehead atoms. The van der Waals surface area contributed by atoms with Crippen molar-refractivity contribution in [3.63, 3.8) is 0 Å². The van der Waals surface area contributed by atoms with Crippen LogP contribution in [0.3, 0.4) is 0 Å². The van der Waals surface area contributed by atoms with Crippen LogP contribution in [0, 0.1) is 11.3 Å². The second kappa shape index (κ2) is 12.7. The summed E-state index contributed by atoms with van der Waals surface area (Å²) in [5.74, 6) is -0.356. The van der Waals surface area contributed by atoms with Crippen LogP contribution in [0.2, 0.25) is 0 Å². The highest BCUT2D eigenvalue weighted by atomic mass is 32.1. The number of rotatable bonds is 9. The summed E-state index contributed by atoms with van der Waals surface area (Å²) in [4.78, 5) is 41.5. The Labute approximate surface area is 212 Å². The number of aromatic nitrogens is 1. The van der Waals surface area contributed by atoms with Crippen molar-refractivity contribution in [3.05, 3.63) is 56.5 Å². The Kier molecular flexibility index (Phi) is 9.44. The summed E-state index contributed by atoms with van der Waals surface area (Å²) < 4.78 is 12.6. The first kappa shape index (κ1) is 26.7. The van der Waals surface area contributed by atoms with Gasteiger partial charge in [0.1, 0.15) is 27.6 Å². The van der Waals surface area contributed by atoms with Gasteiger partial charge in [-0.1, -0.05) is 18.7 Å². The van der Waals surface area contributed by atoms with E-state index in [1.54, 1.807) is 36.1 Å². The van der Waals surface area contributed by atoms with E-state index >= 15 is 0 Å². The summed E-state index contributed by atoms with van der Waals surface area (Å²) in [6, 6.07) is 8.88. The molecule has 36 heavy (non-hydrogen) atoms. The molecular weight excluding hydrogens is 482 g/mol. The number of amides is 1. The number of benzene rings is 1. The van der Waals surface area contributed by atoms with Crippen LogP contribution in [0.1, 0.15) is 6.92 Å². The molecule has 0 radical (unpaired) electrons. The second-order valence-electron chi connectivity index (χ2n) is 7.98. The van der Waals surface area contributed by atoms with Crippen molar-refractivity contribution in [1.29, 1.82) is 5.26 Å². The van der Waals surface area contributed by atoms with Crippen LogP contribution in [0.25, 0.3) is 11.8 Å². The first-order valence-electron chi connectivity index (χ1n) is 11.5. The molecule has 2 heterocycles. The van der Waals surface area contributed by atoms with E-state index < -0.39 is 5.97 Å². The maximum Gasteiger partial charge on any atom is 0.352 e. The molecule has 2 aromatic rings. The maximum absolute atomic E-state index is 12.9. The Hall–Kier alpha value is -3.88. The van der Waals surface area contributed by atoms with Crippen LogP contribution in [0.5, 0.6) is 5.75 Å². The van der Waals surface area contributed by atoms with Crippen LogP contribution in [0.4, 0.5) is 5.69 Å². The highest BCUT2D eigenvalue weighted by Crippen LogP contribution is 2.17. The van der Waals surface area contributed by atoms with Crippen LogP contribution >= 0.6 is 11.3 Å². The van der Waals surface area contributed by atoms with Crippen molar-refractivity contribution in [2.75, 3.05) is 51.8 Å². The van der Waals surface area contributed by atoms with Gasteiger partial charge in [0.25, 0.3) is 11.5 Å². The van der Waals surface area contributed by atoms with Gasteiger partial charge in [-0.2, -0.15) is 5.26 Å². The zero-order valence-corrected chi connectivity index (χ0v) is 21.2. The molecular formula is C25H29N5O5S. The smallest absolute Gasteiger partial charge is 0.352 e. The van der Waals surface area contributed by atoms with E-state index in [2.05, 4.69) is 16.8 Å². The Morgan fingerprint density at radius 2 is 2.03 bits per heavy atom. The fourth-order valence-corrected chi connectivity index (χ4v) is 4.57. The Bertz CT molecular complexity index is 1330. The van der Waals surface area contributed by atoms with E-state index in [1.807, 2.05) is 13.1 Å². The van der Waals surface area contributed by atoms with Gasteiger partial charge < -0.3 is 24.6 Å². The van der Waals surface area contributed by atoms with Gasteiger partial charge in [-0.3, -0.25) is 14.2 Å². The van der Waals surface area contributed by atoms with Crippen LogP contribution < -0.4 is 24.8 Å². The molecule has 1 aliphatic rings. The summed E-state index contributed by atoms with van der Waals surface area (Å²) in [5, 5.41) is 12.6. The number of carbonyl (C=O) groups is 2. The summed E-state index contributed by atoms with van der Waals surface area (Å²) in [6.07, 6.45) is 2.92. The van der Waals surface area contributed by atoms with Gasteiger partial charge in [0.2, 0.25) is 0 Å². The van der Waals surface area contributed by atoms with Gasteiger partial charge in [-0.25, -0.2) is 4.79 Å². The molecule has 1 aromatic heterocycles. The van der Waals surface area contributed by atoms with Crippen molar-refractivity contribution in [1.82, 2.24) is 14.4 Å². The highest BCUT2D eigenvalue weighted by Gasteiger charge is 2.19. The number of anilines is 1. The molecule has 1 fully saturated rings. The predicted octanol–water partition coefficient (Wildman–Crippen LogP) is 0.336. The quantitative estimate of drug-likeness (QED) is 0.378. The third-order valence-corrected chi connectivity index (χ3v) is 6.64. The number of nitriles is 1. The van der Waals surface area contributed by atoms with E-state index in [-0.39, 0.29) is 41.5 Å². The Balaban J connectivity index is 1.76. The number of nitrogens with one attached hydrogen (secondary N) is 1. The van der Waals surface area contributed by atoms with Gasteiger partial charge in [0, 0.05) is 50.7 Å². The molecule has 1 N–H and O–H groups in total. The monoisotopic (exact) mass is 511 g/mol. The molecule has 11 heteroatoms. The molecule has 1 aromatic carbocycles. The number of esters is 1. The summed E-state index contributed by atoms with van der Waals surface area (Å²) in [6.45, 7) is 8.48. The number of nitrogens with zero attached hydrogens (tertiary/aromatic N) is 4. The third-order valence-electron chi connectivity index (χ3n) is 5.51. The van der Waals surface area contributed by atoms with Crippen molar-refractivity contribution < 1.29 is 19.1 Å². The van der Waals surface area contributed by atoms with E-state index in [1.165, 1.54) is 16.8 Å². The minimum absolute atomic E-state index is 0.0360. The molecule has 10 nitrogen and oxygen atoms in total. The van der Waals surface area contributed by atoms with Crippen LogP contribution in [0.15, 0.2) is 41.7 Å². The number of thiazole rings is 1. The number of hydrogen-bond acceptors (Lipinski definition) is 9. The van der Waals surface area contributed by atoms with Gasteiger partial charge in [-0.05, 0) is 26.1 Å². The number of carbonyl (C=O) groups excluding carboxylic acids is 2. The molecule has 0 unspecified atom stereocenters. The molecule has 1 amide bonds. The Morgan fingerprint density at radius 3 is 2.69 bits per heavy atom. The van der Waals surface area contributed by atoms with E-state index in [9.17, 15) is 19.6 Å². The zero-order chi connectivity index (χ0) is 26.1. The molecule has 1 aliphatic heterocycles. The van der Waals surface area contributed by atoms with Crippen molar-refractivity contribution in [2.24, 2.45) is 0 Å². The number of piperazine rings is 1. The number of hydrogen-bond donors (Lipinski definition) is 1. The first-order chi connectivity index (χ1) is 17.4. The summed E-state index contributed by atoms with van der Waals surface area (Å²) >= 11 is 1.02. The minimum Gasteiger partial charge on any atom is -0.484 e. The van der Waals surface area contributed by atoms with E-state index in [0.29, 0.717) is 29.1 Å². The molecule has 0 atom stereocenters. The average molecular weight is 512 g/mol. The molecule has 3 rings (SSSR count). The fraction of sp³-hybridized carbons (Fsp3) is 0.360. The lowest BCUT2D eigenvalue weighted by atomic mass is 10.3. The van der Waals surface area contributed by atoms with Crippen molar-refractivity contribution in [2.45, 2.75) is 13.5 Å². The molecule has 1 saturated heterocycles. The van der Waals surface area contributed by atoms with Gasteiger partial charge >= 0.3 is 5.97 Å². The first-order valence-corrected chi connectivity index (χ1v) is 12.3. The molecule has 0 saturated carbocycles.